The molecule has 0 spiro atoms. The number of carbonyl (C=O) groups excluding carboxylic acids is 2. The average molecular weight is 353 g/mol. The SMILES string of the molecule is Cc1cccc(C)c1N(C(=O)COc1ccccc1)C1CC(C)OC1=O. The third-order valence-electron chi connectivity index (χ3n) is 4.51. The van der Waals surface area contributed by atoms with Crippen molar-refractivity contribution in [2.45, 2.75) is 39.3 Å². The van der Waals surface area contributed by atoms with Gasteiger partial charge in [0.2, 0.25) is 0 Å². The van der Waals surface area contributed by atoms with Gasteiger partial charge >= 0.3 is 5.97 Å². The number of hydrogen-bond acceptors (Lipinski definition) is 4. The lowest BCUT2D eigenvalue weighted by molar-refractivity contribution is -0.142. The van der Waals surface area contributed by atoms with Crippen LogP contribution in [0.15, 0.2) is 48.5 Å². The van der Waals surface area contributed by atoms with Gasteiger partial charge in [-0.1, -0.05) is 36.4 Å². The van der Waals surface area contributed by atoms with E-state index in [2.05, 4.69) is 0 Å². The molecule has 0 N–H and O–H groups in total. The Morgan fingerprint density at radius 2 is 1.77 bits per heavy atom. The maximum atomic E-state index is 13.1. The Morgan fingerprint density at radius 3 is 2.35 bits per heavy atom. The molecule has 1 heterocycles. The van der Waals surface area contributed by atoms with Crippen LogP contribution >= 0.6 is 0 Å². The fourth-order valence-corrected chi connectivity index (χ4v) is 3.32. The van der Waals surface area contributed by atoms with Crippen molar-refractivity contribution < 1.29 is 19.1 Å². The molecule has 1 aliphatic heterocycles. The molecule has 5 nitrogen and oxygen atoms in total. The molecule has 2 aromatic carbocycles. The normalized spacial score (nSPS) is 19.1. The van der Waals surface area contributed by atoms with Crippen molar-refractivity contribution in [2.24, 2.45) is 0 Å². The quantitative estimate of drug-likeness (QED) is 0.773. The highest BCUT2D eigenvalue weighted by Crippen LogP contribution is 2.31. The van der Waals surface area contributed by atoms with Crippen LogP contribution in [0.4, 0.5) is 5.69 Å². The van der Waals surface area contributed by atoms with Gasteiger partial charge in [0.1, 0.15) is 17.9 Å². The van der Waals surface area contributed by atoms with Crippen molar-refractivity contribution in [1.29, 1.82) is 0 Å². The van der Waals surface area contributed by atoms with E-state index in [1.54, 1.807) is 17.0 Å². The van der Waals surface area contributed by atoms with Crippen molar-refractivity contribution in [2.75, 3.05) is 11.5 Å². The molecule has 3 rings (SSSR count). The molecule has 5 heteroatoms. The second kappa shape index (κ2) is 7.60. The van der Waals surface area contributed by atoms with Gasteiger partial charge in [-0.05, 0) is 44.0 Å². The van der Waals surface area contributed by atoms with Crippen LogP contribution in [0.3, 0.4) is 0 Å². The Labute approximate surface area is 153 Å². The van der Waals surface area contributed by atoms with E-state index in [-0.39, 0.29) is 24.6 Å². The van der Waals surface area contributed by atoms with Crippen LogP contribution in [0.25, 0.3) is 0 Å². The number of para-hydroxylation sites is 2. The van der Waals surface area contributed by atoms with Crippen LogP contribution in [-0.4, -0.2) is 30.6 Å². The summed E-state index contributed by atoms with van der Waals surface area (Å²) in [5, 5.41) is 0. The van der Waals surface area contributed by atoms with Crippen molar-refractivity contribution in [3.63, 3.8) is 0 Å². The molecule has 26 heavy (non-hydrogen) atoms. The number of carbonyl (C=O) groups is 2. The predicted octanol–water partition coefficient (Wildman–Crippen LogP) is 3.42. The topological polar surface area (TPSA) is 55.8 Å². The van der Waals surface area contributed by atoms with E-state index in [9.17, 15) is 9.59 Å². The number of anilines is 1. The fraction of sp³-hybridized carbons (Fsp3) is 0.333. The molecule has 2 unspecified atom stereocenters. The molecule has 0 aromatic heterocycles. The van der Waals surface area contributed by atoms with E-state index in [1.165, 1.54) is 0 Å². The van der Waals surface area contributed by atoms with Gasteiger partial charge < -0.3 is 9.47 Å². The molecule has 2 aromatic rings. The first-order chi connectivity index (χ1) is 12.5. The summed E-state index contributed by atoms with van der Waals surface area (Å²) in [7, 11) is 0. The Balaban J connectivity index is 1.90. The summed E-state index contributed by atoms with van der Waals surface area (Å²) in [6, 6.07) is 14.3. The highest BCUT2D eigenvalue weighted by atomic mass is 16.6. The Morgan fingerprint density at radius 1 is 1.12 bits per heavy atom. The van der Waals surface area contributed by atoms with Gasteiger partial charge in [-0.15, -0.1) is 0 Å². The summed E-state index contributed by atoms with van der Waals surface area (Å²) < 4.78 is 10.9. The molecular weight excluding hydrogens is 330 g/mol. The van der Waals surface area contributed by atoms with E-state index in [0.717, 1.165) is 16.8 Å². The van der Waals surface area contributed by atoms with Crippen LogP contribution < -0.4 is 9.64 Å². The summed E-state index contributed by atoms with van der Waals surface area (Å²) in [5.74, 6) is -0.0137. The van der Waals surface area contributed by atoms with Crippen molar-refractivity contribution in [3.05, 3.63) is 59.7 Å². The standard InChI is InChI=1S/C21H23NO4/c1-14-8-7-9-15(2)20(14)22(18-12-16(3)26-21(18)24)19(23)13-25-17-10-5-4-6-11-17/h4-11,16,18H,12-13H2,1-3H3. The lowest BCUT2D eigenvalue weighted by atomic mass is 10.0. The van der Waals surface area contributed by atoms with Crippen LogP contribution in [0.5, 0.6) is 5.75 Å². The third-order valence-corrected chi connectivity index (χ3v) is 4.51. The molecule has 0 bridgehead atoms. The lowest BCUT2D eigenvalue weighted by Gasteiger charge is -2.29. The van der Waals surface area contributed by atoms with Crippen LogP contribution in [0.1, 0.15) is 24.5 Å². The number of amides is 1. The van der Waals surface area contributed by atoms with Gasteiger partial charge in [-0.25, -0.2) is 4.79 Å². The first-order valence-electron chi connectivity index (χ1n) is 8.74. The highest BCUT2D eigenvalue weighted by Gasteiger charge is 2.40. The van der Waals surface area contributed by atoms with E-state index in [0.29, 0.717) is 12.2 Å². The summed E-state index contributed by atoms with van der Waals surface area (Å²) in [5.41, 5.74) is 2.63. The molecule has 1 fully saturated rings. The lowest BCUT2D eigenvalue weighted by Crippen LogP contribution is -2.46. The molecule has 0 radical (unpaired) electrons. The maximum Gasteiger partial charge on any atom is 0.329 e. The van der Waals surface area contributed by atoms with Crippen LogP contribution in [0.2, 0.25) is 0 Å². The molecule has 0 saturated carbocycles. The third kappa shape index (κ3) is 3.72. The molecule has 136 valence electrons. The second-order valence-electron chi connectivity index (χ2n) is 6.60. The van der Waals surface area contributed by atoms with Gasteiger partial charge in [0.15, 0.2) is 6.61 Å². The van der Waals surface area contributed by atoms with Gasteiger partial charge in [0, 0.05) is 6.42 Å². The van der Waals surface area contributed by atoms with Gasteiger partial charge in [-0.3, -0.25) is 9.69 Å². The zero-order valence-corrected chi connectivity index (χ0v) is 15.3. The minimum absolute atomic E-state index is 0.143. The Bertz CT molecular complexity index is 783. The van der Waals surface area contributed by atoms with Crippen molar-refractivity contribution in [1.82, 2.24) is 0 Å². The summed E-state index contributed by atoms with van der Waals surface area (Å²) >= 11 is 0. The molecule has 1 saturated heterocycles. The van der Waals surface area contributed by atoms with Gasteiger partial charge in [0.25, 0.3) is 5.91 Å². The van der Waals surface area contributed by atoms with Crippen molar-refractivity contribution >= 4 is 17.6 Å². The molecular formula is C21H23NO4. The van der Waals surface area contributed by atoms with E-state index in [1.807, 2.05) is 57.2 Å². The minimum atomic E-state index is -0.628. The highest BCUT2D eigenvalue weighted by molar-refractivity contribution is 6.02. The first-order valence-corrected chi connectivity index (χ1v) is 8.74. The number of esters is 1. The summed E-state index contributed by atoms with van der Waals surface area (Å²) in [6.45, 7) is 5.57. The second-order valence-corrected chi connectivity index (χ2v) is 6.60. The van der Waals surface area contributed by atoms with Crippen LogP contribution in [-0.2, 0) is 14.3 Å². The Kier molecular flexibility index (Phi) is 5.26. The fourth-order valence-electron chi connectivity index (χ4n) is 3.32. The monoisotopic (exact) mass is 353 g/mol. The minimum Gasteiger partial charge on any atom is -0.484 e. The smallest absolute Gasteiger partial charge is 0.329 e. The first kappa shape index (κ1) is 18.0. The zero-order valence-electron chi connectivity index (χ0n) is 15.3. The largest absolute Gasteiger partial charge is 0.484 e. The number of ether oxygens (including phenoxy) is 2. The summed E-state index contributed by atoms with van der Waals surface area (Å²) in [4.78, 5) is 27.0. The average Bonchev–Trinajstić information content (AvgIpc) is 2.95. The Hall–Kier alpha value is -2.82. The van der Waals surface area contributed by atoms with E-state index < -0.39 is 6.04 Å². The predicted molar refractivity (Wildman–Crippen MR) is 99.3 cm³/mol. The van der Waals surface area contributed by atoms with Gasteiger partial charge in [-0.2, -0.15) is 0 Å². The number of aryl methyl sites for hydroxylation is 2. The van der Waals surface area contributed by atoms with Crippen LogP contribution in [0, 0.1) is 13.8 Å². The molecule has 1 amide bonds. The number of rotatable bonds is 5. The zero-order chi connectivity index (χ0) is 18.7. The number of hydrogen-bond donors (Lipinski definition) is 0. The molecule has 1 aliphatic rings. The van der Waals surface area contributed by atoms with Gasteiger partial charge in [0.05, 0.1) is 5.69 Å². The number of cyclic esters (lactones) is 1. The molecule has 0 aliphatic carbocycles. The van der Waals surface area contributed by atoms with E-state index >= 15 is 0 Å². The summed E-state index contributed by atoms with van der Waals surface area (Å²) in [6.07, 6.45) is 0.270. The number of nitrogens with zero attached hydrogens (tertiary/aromatic N) is 1. The number of benzene rings is 2. The maximum absolute atomic E-state index is 13.1. The van der Waals surface area contributed by atoms with Crippen molar-refractivity contribution in [3.8, 4) is 5.75 Å². The van der Waals surface area contributed by atoms with E-state index in [4.69, 9.17) is 9.47 Å². The molecule has 2 atom stereocenters.